The number of hydrogen-bond acceptors (Lipinski definition) is 6. The van der Waals surface area contributed by atoms with Crippen LogP contribution in [0, 0.1) is 0 Å². The molecule has 0 unspecified atom stereocenters. The second-order valence-electron chi connectivity index (χ2n) is 7.07. The maximum Gasteiger partial charge on any atom is 0.145 e. The number of phenols is 1. The molecule has 0 saturated heterocycles. The van der Waals surface area contributed by atoms with Gasteiger partial charge < -0.3 is 14.9 Å². The number of ether oxygens (including phenoxy) is 1. The van der Waals surface area contributed by atoms with E-state index in [2.05, 4.69) is 20.9 Å². The maximum atomic E-state index is 12.6. The summed E-state index contributed by atoms with van der Waals surface area (Å²) in [7, 11) is -0.0825. The van der Waals surface area contributed by atoms with Crippen LogP contribution in [0.15, 0.2) is 41.6 Å². The Morgan fingerprint density at radius 2 is 2.07 bits per heavy atom. The molecule has 0 saturated carbocycles. The molecule has 0 spiro atoms. The van der Waals surface area contributed by atoms with Crippen molar-refractivity contribution in [3.8, 4) is 11.5 Å². The number of aliphatic hydroxyl groups excluding tert-OH is 1. The van der Waals surface area contributed by atoms with Gasteiger partial charge in [0.25, 0.3) is 0 Å². The first-order chi connectivity index (χ1) is 13.2. The molecule has 1 heterocycles. The molecule has 1 aromatic heterocycles. The molecule has 2 rings (SSSR count). The molecule has 0 fully saturated rings. The van der Waals surface area contributed by atoms with Gasteiger partial charge >= 0.3 is 0 Å². The van der Waals surface area contributed by atoms with Gasteiger partial charge in [0.2, 0.25) is 0 Å². The maximum absolute atomic E-state index is 12.6. The Morgan fingerprint density at radius 1 is 1.36 bits per heavy atom. The zero-order valence-corrected chi connectivity index (χ0v) is 17.2. The van der Waals surface area contributed by atoms with E-state index in [0.29, 0.717) is 28.4 Å². The molecular formula is C20H25N3O4S. The Balaban J connectivity index is 2.41. The van der Waals surface area contributed by atoms with E-state index in [9.17, 15) is 14.4 Å². The summed E-state index contributed by atoms with van der Waals surface area (Å²) in [6, 6.07) is 4.72. The summed E-state index contributed by atoms with van der Waals surface area (Å²) >= 11 is 0. The molecule has 7 nitrogen and oxygen atoms in total. The Kier molecular flexibility index (Phi) is 7.04. The zero-order valence-electron chi connectivity index (χ0n) is 16.4. The quantitative estimate of drug-likeness (QED) is 0.688. The van der Waals surface area contributed by atoms with Gasteiger partial charge in [0.05, 0.1) is 41.4 Å². The minimum absolute atomic E-state index is 0.00379. The normalized spacial score (nSPS) is 14.4. The zero-order chi connectivity index (χ0) is 20.9. The molecule has 2 aromatic rings. The number of rotatable bonds is 7. The predicted octanol–water partition coefficient (Wildman–Crippen LogP) is 3.21. The highest BCUT2D eigenvalue weighted by molar-refractivity contribution is 7.85. The topological polar surface area (TPSA) is 105 Å². The van der Waals surface area contributed by atoms with Gasteiger partial charge in [-0.15, -0.1) is 0 Å². The lowest BCUT2D eigenvalue weighted by Gasteiger charge is -2.18. The summed E-state index contributed by atoms with van der Waals surface area (Å²) in [5.74, 6) is 0.397. The first-order valence-electron chi connectivity index (χ1n) is 8.65. The van der Waals surface area contributed by atoms with Crippen molar-refractivity contribution in [2.45, 2.75) is 38.0 Å². The van der Waals surface area contributed by atoms with E-state index in [-0.39, 0.29) is 12.2 Å². The molecule has 8 heteroatoms. The fraction of sp³-hybridized carbons (Fsp3) is 0.350. The van der Waals surface area contributed by atoms with E-state index in [1.165, 1.54) is 25.6 Å². The van der Waals surface area contributed by atoms with Crippen LogP contribution in [0.3, 0.4) is 0 Å². The van der Waals surface area contributed by atoms with Crippen LogP contribution in [0.5, 0.6) is 11.5 Å². The predicted molar refractivity (Wildman–Crippen MR) is 111 cm³/mol. The van der Waals surface area contributed by atoms with Gasteiger partial charge in [-0.3, -0.25) is 9.97 Å². The molecule has 2 atom stereocenters. The van der Waals surface area contributed by atoms with Crippen molar-refractivity contribution in [1.29, 1.82) is 0 Å². The van der Waals surface area contributed by atoms with E-state index in [0.717, 1.165) is 0 Å². The highest BCUT2D eigenvalue weighted by atomic mass is 32.2. The number of aromatic nitrogens is 2. The number of nitrogens with zero attached hydrogens (tertiary/aromatic N) is 3. The Hall–Kier alpha value is -2.58. The lowest BCUT2D eigenvalue weighted by atomic mass is 10.0. The van der Waals surface area contributed by atoms with Crippen LogP contribution in [-0.2, 0) is 11.0 Å². The van der Waals surface area contributed by atoms with Crippen LogP contribution in [-0.4, -0.2) is 42.0 Å². The number of benzene rings is 1. The molecule has 0 radical (unpaired) electrons. The van der Waals surface area contributed by atoms with E-state index >= 15 is 0 Å². The van der Waals surface area contributed by atoms with Gasteiger partial charge in [0.1, 0.15) is 28.6 Å². The molecule has 150 valence electrons. The fourth-order valence-electron chi connectivity index (χ4n) is 2.23. The van der Waals surface area contributed by atoms with Crippen LogP contribution >= 0.6 is 0 Å². The Labute approximate surface area is 167 Å². The molecule has 0 bridgehead atoms. The van der Waals surface area contributed by atoms with Gasteiger partial charge in [-0.25, -0.2) is 4.21 Å². The molecule has 0 aliphatic rings. The number of aliphatic hydroxyl groups is 1. The molecule has 28 heavy (non-hydrogen) atoms. The minimum atomic E-state index is -1.58. The summed E-state index contributed by atoms with van der Waals surface area (Å²) in [5, 5.41) is 21.0. The Bertz CT molecular complexity index is 889. The molecule has 2 N–H and O–H groups in total. The minimum Gasteiger partial charge on any atom is -0.507 e. The number of phenolic OH excluding ortho intramolecular Hbond substituents is 1. The van der Waals surface area contributed by atoms with Gasteiger partial charge in [-0.2, -0.15) is 4.40 Å². The van der Waals surface area contributed by atoms with Crippen LogP contribution in [0.1, 0.15) is 50.2 Å². The second-order valence-corrected chi connectivity index (χ2v) is 8.98. The summed E-state index contributed by atoms with van der Waals surface area (Å²) in [6.45, 7) is 9.02. The highest BCUT2D eigenvalue weighted by Crippen LogP contribution is 2.28. The largest absolute Gasteiger partial charge is 0.507 e. The number of aromatic hydroxyl groups is 1. The lowest BCUT2D eigenvalue weighted by molar-refractivity contribution is 0.181. The van der Waals surface area contributed by atoms with E-state index in [1.54, 1.807) is 39.0 Å². The molecule has 0 amide bonds. The van der Waals surface area contributed by atoms with Crippen LogP contribution in [0.2, 0.25) is 0 Å². The van der Waals surface area contributed by atoms with Crippen molar-refractivity contribution >= 4 is 22.8 Å². The summed E-state index contributed by atoms with van der Waals surface area (Å²) in [5.41, 5.74) is 1.60. The Morgan fingerprint density at radius 3 is 2.57 bits per heavy atom. The van der Waals surface area contributed by atoms with E-state index in [1.807, 2.05) is 0 Å². The molecule has 0 aliphatic carbocycles. The third kappa shape index (κ3) is 5.46. The standard InChI is InChI=1S/C20H25N3O4S/c1-6-13-11-22-17(12-21-13)19(25)10-16(23-28(26)20(2,3)4)15-8-7-14(27-5)9-18(15)24/h6-9,11-12,19,24-25H,1,10H2,2-5H3/b23-16+/t19-,28-/m0/s1. The second kappa shape index (κ2) is 9.07. The van der Waals surface area contributed by atoms with Crippen molar-refractivity contribution in [3.63, 3.8) is 0 Å². The third-order valence-electron chi connectivity index (χ3n) is 3.86. The van der Waals surface area contributed by atoms with Crippen LogP contribution < -0.4 is 4.74 Å². The van der Waals surface area contributed by atoms with Gasteiger partial charge in [0.15, 0.2) is 0 Å². The lowest BCUT2D eigenvalue weighted by Crippen LogP contribution is -2.22. The van der Waals surface area contributed by atoms with Gasteiger partial charge in [0, 0.05) is 18.1 Å². The first-order valence-corrected chi connectivity index (χ1v) is 9.75. The summed E-state index contributed by atoms with van der Waals surface area (Å²) in [4.78, 5) is 8.31. The summed E-state index contributed by atoms with van der Waals surface area (Å²) in [6.07, 6.45) is 3.47. The smallest absolute Gasteiger partial charge is 0.145 e. The van der Waals surface area contributed by atoms with Crippen LogP contribution in [0.4, 0.5) is 0 Å². The van der Waals surface area contributed by atoms with Crippen molar-refractivity contribution < 1.29 is 19.2 Å². The highest BCUT2D eigenvalue weighted by Gasteiger charge is 2.23. The van der Waals surface area contributed by atoms with E-state index in [4.69, 9.17) is 4.74 Å². The monoisotopic (exact) mass is 403 g/mol. The van der Waals surface area contributed by atoms with Crippen molar-refractivity contribution in [2.24, 2.45) is 4.40 Å². The van der Waals surface area contributed by atoms with Crippen molar-refractivity contribution in [1.82, 2.24) is 9.97 Å². The molecule has 0 aliphatic heterocycles. The molecular weight excluding hydrogens is 378 g/mol. The molecule has 1 aromatic carbocycles. The van der Waals surface area contributed by atoms with Gasteiger partial charge in [-0.05, 0) is 39.0 Å². The number of hydrogen-bond donors (Lipinski definition) is 2. The first kappa shape index (κ1) is 21.7. The third-order valence-corrected chi connectivity index (χ3v) is 5.30. The number of methoxy groups -OCH3 is 1. The average Bonchev–Trinajstić information content (AvgIpc) is 2.66. The van der Waals surface area contributed by atoms with Crippen molar-refractivity contribution in [3.05, 3.63) is 54.1 Å². The van der Waals surface area contributed by atoms with Crippen molar-refractivity contribution in [2.75, 3.05) is 7.11 Å². The van der Waals surface area contributed by atoms with E-state index < -0.39 is 21.8 Å². The average molecular weight is 404 g/mol. The SMILES string of the molecule is C=Cc1cnc([C@@H](O)C/C(=N\[S@@](=O)C(C)(C)C)c2ccc(OC)cc2O)cn1. The van der Waals surface area contributed by atoms with Gasteiger partial charge in [-0.1, -0.05) is 6.58 Å². The fourth-order valence-corrected chi connectivity index (χ4v) is 2.88. The summed E-state index contributed by atoms with van der Waals surface area (Å²) < 4.78 is 21.4. The van der Waals surface area contributed by atoms with Crippen LogP contribution in [0.25, 0.3) is 6.08 Å².